The fraction of sp³-hybridized carbons (Fsp3) is 0.267. The van der Waals surface area contributed by atoms with Crippen LogP contribution in [0.2, 0.25) is 10.0 Å². The second kappa shape index (κ2) is 6.21. The van der Waals surface area contributed by atoms with Gasteiger partial charge in [-0.15, -0.1) is 0 Å². The summed E-state index contributed by atoms with van der Waals surface area (Å²) in [7, 11) is -4.46. The highest BCUT2D eigenvalue weighted by atomic mass is 35.5. The van der Waals surface area contributed by atoms with E-state index in [1.807, 2.05) is 18.4 Å². The molecule has 0 spiro atoms. The zero-order valence-corrected chi connectivity index (χ0v) is 15.3. The Morgan fingerprint density at radius 3 is 2.58 bits per heavy atom. The Balaban J connectivity index is 2.25. The molecule has 2 N–H and O–H groups in total. The molecule has 0 saturated carbocycles. The molecule has 1 aromatic carbocycles. The Labute approximate surface area is 148 Å². The van der Waals surface area contributed by atoms with Crippen LogP contribution in [0.4, 0.5) is 0 Å². The van der Waals surface area contributed by atoms with Crippen LogP contribution in [0.15, 0.2) is 28.7 Å². The summed E-state index contributed by atoms with van der Waals surface area (Å²) in [5.41, 5.74) is 0.904. The minimum atomic E-state index is -4.46. The van der Waals surface area contributed by atoms with E-state index in [-0.39, 0.29) is 5.76 Å². The van der Waals surface area contributed by atoms with E-state index in [9.17, 15) is 14.4 Å². The molecular weight excluding hydrogens is 374 g/mol. The van der Waals surface area contributed by atoms with Gasteiger partial charge in [-0.2, -0.15) is 0 Å². The lowest BCUT2D eigenvalue weighted by atomic mass is 10.2. The molecule has 2 aromatic heterocycles. The van der Waals surface area contributed by atoms with E-state index >= 15 is 0 Å². The smallest absolute Gasteiger partial charge is 0.391 e. The molecule has 0 fully saturated rings. The van der Waals surface area contributed by atoms with Crippen molar-refractivity contribution in [3.05, 3.63) is 34.3 Å². The lowest BCUT2D eigenvalue weighted by Crippen LogP contribution is -2.06. The first-order chi connectivity index (χ1) is 11.2. The number of rotatable bonds is 4. The van der Waals surface area contributed by atoms with Crippen LogP contribution in [0.1, 0.15) is 13.8 Å². The number of aromatic nitrogens is 2. The summed E-state index contributed by atoms with van der Waals surface area (Å²) in [6, 6.07) is 6.10. The molecule has 0 bridgehead atoms. The normalized spacial score (nSPS) is 12.5. The molecule has 0 unspecified atom stereocenters. The van der Waals surface area contributed by atoms with Gasteiger partial charge in [0.15, 0.2) is 11.6 Å². The first-order valence-corrected chi connectivity index (χ1v) is 9.55. The average Bonchev–Trinajstić information content (AvgIpc) is 3.03. The molecule has 0 amide bonds. The maximum atomic E-state index is 11.3. The number of nitrogens with zero attached hydrogens (tertiary/aromatic N) is 2. The monoisotopic (exact) mass is 388 g/mol. The first kappa shape index (κ1) is 17.5. The van der Waals surface area contributed by atoms with Crippen molar-refractivity contribution in [1.82, 2.24) is 9.55 Å². The molecule has 0 atom stereocenters. The van der Waals surface area contributed by atoms with Crippen molar-refractivity contribution >= 4 is 47.3 Å². The van der Waals surface area contributed by atoms with Gasteiger partial charge in [0.25, 0.3) is 0 Å². The van der Waals surface area contributed by atoms with Gasteiger partial charge in [0, 0.05) is 11.6 Å². The van der Waals surface area contributed by atoms with Crippen molar-refractivity contribution in [2.45, 2.75) is 20.4 Å². The van der Waals surface area contributed by atoms with Crippen LogP contribution in [0.3, 0.4) is 0 Å². The zero-order valence-electron chi connectivity index (χ0n) is 12.9. The Kier molecular flexibility index (Phi) is 4.53. The van der Waals surface area contributed by atoms with Gasteiger partial charge in [-0.25, -0.2) is 4.98 Å². The standard InChI is InChI=1S/C15H15Cl2N2O4P/c1-8(2)7-19-11-6-9(16)5-10(17)14(11)18-15(19)12-3-4-13(23-12)24(20,21)22/h3-6,8H,7H2,1-2H3,(H2,20,21,22). The number of furan rings is 1. The predicted octanol–water partition coefficient (Wildman–Crippen LogP) is 4.06. The second-order valence-electron chi connectivity index (χ2n) is 5.88. The van der Waals surface area contributed by atoms with Crippen molar-refractivity contribution < 1.29 is 18.8 Å². The molecule has 6 nitrogen and oxygen atoms in total. The van der Waals surface area contributed by atoms with Crippen LogP contribution in [-0.4, -0.2) is 19.3 Å². The first-order valence-electron chi connectivity index (χ1n) is 7.18. The van der Waals surface area contributed by atoms with Crippen molar-refractivity contribution in [1.29, 1.82) is 0 Å². The summed E-state index contributed by atoms with van der Waals surface area (Å²) in [6.45, 7) is 4.71. The average molecular weight is 389 g/mol. The topological polar surface area (TPSA) is 88.5 Å². The summed E-state index contributed by atoms with van der Waals surface area (Å²) in [6.07, 6.45) is 0. The number of hydrogen-bond donors (Lipinski definition) is 2. The molecular formula is C15H15Cl2N2O4P. The summed E-state index contributed by atoms with van der Waals surface area (Å²) >= 11 is 12.3. The quantitative estimate of drug-likeness (QED) is 0.657. The Morgan fingerprint density at radius 2 is 2.00 bits per heavy atom. The third-order valence-electron chi connectivity index (χ3n) is 3.42. The Morgan fingerprint density at radius 1 is 1.29 bits per heavy atom. The fourth-order valence-electron chi connectivity index (χ4n) is 2.49. The summed E-state index contributed by atoms with van der Waals surface area (Å²) < 4.78 is 18.6. The summed E-state index contributed by atoms with van der Waals surface area (Å²) in [5.74, 6) is 1.01. The zero-order chi connectivity index (χ0) is 17.6. The second-order valence-corrected chi connectivity index (χ2v) is 8.25. The fourth-order valence-corrected chi connectivity index (χ4v) is 3.50. The van der Waals surface area contributed by atoms with Crippen LogP contribution in [0, 0.1) is 5.92 Å². The van der Waals surface area contributed by atoms with Gasteiger partial charge < -0.3 is 18.8 Å². The number of benzene rings is 1. The third kappa shape index (κ3) is 3.25. The highest BCUT2D eigenvalue weighted by molar-refractivity contribution is 7.59. The number of hydrogen-bond acceptors (Lipinski definition) is 3. The van der Waals surface area contributed by atoms with Crippen molar-refractivity contribution in [3.8, 4) is 11.6 Å². The lowest BCUT2D eigenvalue weighted by Gasteiger charge is -2.11. The third-order valence-corrected chi connectivity index (χ3v) is 4.74. The van der Waals surface area contributed by atoms with E-state index in [0.29, 0.717) is 33.8 Å². The van der Waals surface area contributed by atoms with E-state index in [1.165, 1.54) is 12.1 Å². The predicted molar refractivity (Wildman–Crippen MR) is 94.0 cm³/mol. The Bertz CT molecular complexity index is 958. The highest BCUT2D eigenvalue weighted by Crippen LogP contribution is 2.37. The van der Waals surface area contributed by atoms with Gasteiger partial charge in [0.2, 0.25) is 5.50 Å². The minimum Gasteiger partial charge on any atom is -0.445 e. The van der Waals surface area contributed by atoms with E-state index in [0.717, 1.165) is 5.52 Å². The molecule has 3 rings (SSSR count). The van der Waals surface area contributed by atoms with Gasteiger partial charge in [-0.3, -0.25) is 4.57 Å². The summed E-state index contributed by atoms with van der Waals surface area (Å²) in [5, 5.41) is 0.891. The minimum absolute atomic E-state index is 0.261. The number of fused-ring (bicyclic) bond motifs is 1. The van der Waals surface area contributed by atoms with Crippen LogP contribution < -0.4 is 5.50 Å². The van der Waals surface area contributed by atoms with Crippen LogP contribution in [0.25, 0.3) is 22.6 Å². The van der Waals surface area contributed by atoms with Crippen LogP contribution in [0.5, 0.6) is 0 Å². The van der Waals surface area contributed by atoms with Gasteiger partial charge in [0.05, 0.1) is 10.5 Å². The van der Waals surface area contributed by atoms with Gasteiger partial charge >= 0.3 is 7.60 Å². The van der Waals surface area contributed by atoms with Crippen molar-refractivity contribution in [3.63, 3.8) is 0 Å². The van der Waals surface area contributed by atoms with E-state index in [4.69, 9.17) is 27.6 Å². The highest BCUT2D eigenvalue weighted by Gasteiger charge is 2.25. The maximum Gasteiger partial charge on any atom is 0.391 e. The van der Waals surface area contributed by atoms with E-state index < -0.39 is 13.1 Å². The largest absolute Gasteiger partial charge is 0.445 e. The van der Waals surface area contributed by atoms with Gasteiger partial charge in [-0.1, -0.05) is 37.0 Å². The molecule has 9 heteroatoms. The molecule has 0 saturated heterocycles. The maximum absolute atomic E-state index is 11.3. The van der Waals surface area contributed by atoms with E-state index in [1.54, 1.807) is 12.1 Å². The molecule has 0 aliphatic rings. The van der Waals surface area contributed by atoms with E-state index in [2.05, 4.69) is 4.98 Å². The van der Waals surface area contributed by atoms with Crippen molar-refractivity contribution in [2.24, 2.45) is 5.92 Å². The van der Waals surface area contributed by atoms with Crippen molar-refractivity contribution in [2.75, 3.05) is 0 Å². The molecule has 3 aromatic rings. The molecule has 0 aliphatic heterocycles. The molecule has 128 valence electrons. The van der Waals surface area contributed by atoms with Crippen LogP contribution in [-0.2, 0) is 11.1 Å². The lowest BCUT2D eigenvalue weighted by molar-refractivity contribution is 0.377. The molecule has 24 heavy (non-hydrogen) atoms. The van der Waals surface area contributed by atoms with Gasteiger partial charge in [-0.05, 0) is 30.2 Å². The molecule has 0 radical (unpaired) electrons. The van der Waals surface area contributed by atoms with Gasteiger partial charge in [0.1, 0.15) is 5.52 Å². The van der Waals surface area contributed by atoms with Crippen LogP contribution >= 0.6 is 30.8 Å². The SMILES string of the molecule is CC(C)Cn1c(-c2ccc(P(=O)(O)O)o2)nc2c(Cl)cc(Cl)cc21. The Hall–Kier alpha value is -1.30. The molecule has 0 aliphatic carbocycles. The number of imidazole rings is 1. The summed E-state index contributed by atoms with van der Waals surface area (Å²) in [4.78, 5) is 23.0. The number of halogens is 2. The molecule has 2 heterocycles.